The largest absolute Gasteiger partial charge is 0.370 e. The molecule has 20 heavy (non-hydrogen) atoms. The van der Waals surface area contributed by atoms with Gasteiger partial charge in [0.25, 0.3) is 0 Å². The predicted molar refractivity (Wildman–Crippen MR) is 81.1 cm³/mol. The topological polar surface area (TPSA) is 50.4 Å². The average molecular weight is 277 g/mol. The van der Waals surface area contributed by atoms with Crippen LogP contribution in [-0.4, -0.2) is 12.0 Å². The van der Waals surface area contributed by atoms with Crippen LogP contribution in [0.5, 0.6) is 0 Å². The molecule has 1 aromatic rings. The summed E-state index contributed by atoms with van der Waals surface area (Å²) >= 11 is 0. The maximum absolute atomic E-state index is 13.2. The van der Waals surface area contributed by atoms with E-state index in [4.69, 9.17) is 5.73 Å². The van der Waals surface area contributed by atoms with Gasteiger partial charge >= 0.3 is 0 Å². The third-order valence-electron chi connectivity index (χ3n) is 3.86. The van der Waals surface area contributed by atoms with E-state index in [1.807, 2.05) is 6.07 Å². The minimum absolute atomic E-state index is 0.178. The number of hydrogen-bond acceptors (Lipinski definition) is 1. The zero-order valence-corrected chi connectivity index (χ0v) is 12.2. The number of aryl methyl sites for hydroxylation is 1. The summed E-state index contributed by atoms with van der Waals surface area (Å²) in [4.78, 5) is 4.35. The summed E-state index contributed by atoms with van der Waals surface area (Å²) in [5.41, 5.74) is 7.56. The lowest BCUT2D eigenvalue weighted by molar-refractivity contribution is 0.530. The van der Waals surface area contributed by atoms with Crippen molar-refractivity contribution in [2.75, 3.05) is 0 Å². The first-order valence-electron chi connectivity index (χ1n) is 7.46. The van der Waals surface area contributed by atoms with Gasteiger partial charge in [0, 0.05) is 6.04 Å². The molecule has 4 heteroatoms. The van der Waals surface area contributed by atoms with Crippen LogP contribution in [-0.2, 0) is 6.54 Å². The molecule has 0 aromatic heterocycles. The lowest BCUT2D eigenvalue weighted by atomic mass is 10.1. The third-order valence-corrected chi connectivity index (χ3v) is 3.86. The molecule has 0 saturated heterocycles. The Labute approximate surface area is 120 Å². The molecular weight excluding hydrogens is 253 g/mol. The molecule has 110 valence electrons. The number of nitrogens with zero attached hydrogens (tertiary/aromatic N) is 1. The Morgan fingerprint density at radius 3 is 2.65 bits per heavy atom. The zero-order valence-electron chi connectivity index (χ0n) is 12.2. The molecule has 0 radical (unpaired) electrons. The Morgan fingerprint density at radius 1 is 1.30 bits per heavy atom. The number of benzene rings is 1. The quantitative estimate of drug-likeness (QED) is 0.506. The highest BCUT2D eigenvalue weighted by Crippen LogP contribution is 2.17. The van der Waals surface area contributed by atoms with Crippen LogP contribution in [0.4, 0.5) is 4.39 Å². The van der Waals surface area contributed by atoms with Crippen LogP contribution >= 0.6 is 0 Å². The number of halogens is 1. The first kappa shape index (κ1) is 14.8. The van der Waals surface area contributed by atoms with E-state index >= 15 is 0 Å². The Morgan fingerprint density at radius 2 is 2.00 bits per heavy atom. The Hall–Kier alpha value is -1.58. The van der Waals surface area contributed by atoms with Gasteiger partial charge in [-0.05, 0) is 37.0 Å². The van der Waals surface area contributed by atoms with Crippen LogP contribution in [0, 0.1) is 12.7 Å². The number of guanidine groups is 1. The van der Waals surface area contributed by atoms with Gasteiger partial charge in [0.2, 0.25) is 0 Å². The summed E-state index contributed by atoms with van der Waals surface area (Å²) in [6, 6.07) is 5.51. The van der Waals surface area contributed by atoms with Crippen LogP contribution in [0.25, 0.3) is 0 Å². The van der Waals surface area contributed by atoms with Crippen LogP contribution < -0.4 is 11.1 Å². The lowest BCUT2D eigenvalue weighted by Gasteiger charge is -2.16. The average Bonchev–Trinajstić information content (AvgIpc) is 2.69. The highest BCUT2D eigenvalue weighted by atomic mass is 19.1. The molecule has 2 rings (SSSR count). The van der Waals surface area contributed by atoms with Crippen molar-refractivity contribution in [3.05, 3.63) is 35.1 Å². The second kappa shape index (κ2) is 7.27. The van der Waals surface area contributed by atoms with E-state index in [2.05, 4.69) is 10.3 Å². The van der Waals surface area contributed by atoms with Crippen molar-refractivity contribution in [1.82, 2.24) is 5.32 Å². The molecule has 0 heterocycles. The Kier molecular flexibility index (Phi) is 5.39. The maximum Gasteiger partial charge on any atom is 0.189 e. The van der Waals surface area contributed by atoms with E-state index in [0.717, 1.165) is 5.56 Å². The first-order valence-corrected chi connectivity index (χ1v) is 7.46. The molecule has 0 amide bonds. The summed E-state index contributed by atoms with van der Waals surface area (Å²) in [5.74, 6) is 0.321. The predicted octanol–water partition coefficient (Wildman–Crippen LogP) is 3.26. The van der Waals surface area contributed by atoms with Crippen molar-refractivity contribution >= 4 is 5.96 Å². The molecule has 1 aliphatic rings. The standard InChI is InChI=1S/C16H24FN3/c1-12-10-13(8-9-15(12)17)11-19-16(18)20-14-6-4-2-3-5-7-14/h8-10,14H,2-7,11H2,1H3,(H3,18,19,20). The normalized spacial score (nSPS) is 17.8. The molecule has 1 aromatic carbocycles. The summed E-state index contributed by atoms with van der Waals surface area (Å²) in [5, 5.41) is 3.31. The molecule has 1 saturated carbocycles. The molecule has 3 N–H and O–H groups in total. The maximum atomic E-state index is 13.2. The molecule has 0 bridgehead atoms. The monoisotopic (exact) mass is 277 g/mol. The summed E-state index contributed by atoms with van der Waals surface area (Å²) in [7, 11) is 0. The van der Waals surface area contributed by atoms with Crippen molar-refractivity contribution in [2.45, 2.75) is 58.0 Å². The van der Waals surface area contributed by atoms with Crippen LogP contribution in [0.3, 0.4) is 0 Å². The van der Waals surface area contributed by atoms with Gasteiger partial charge in [-0.1, -0.05) is 37.8 Å². The van der Waals surface area contributed by atoms with Gasteiger partial charge in [0.15, 0.2) is 5.96 Å². The van der Waals surface area contributed by atoms with Gasteiger partial charge < -0.3 is 11.1 Å². The molecule has 3 nitrogen and oxygen atoms in total. The van der Waals surface area contributed by atoms with E-state index in [0.29, 0.717) is 24.1 Å². The molecule has 1 aliphatic carbocycles. The third kappa shape index (κ3) is 4.51. The van der Waals surface area contributed by atoms with Gasteiger partial charge in [-0.3, -0.25) is 0 Å². The Balaban J connectivity index is 1.87. The number of rotatable bonds is 3. The van der Waals surface area contributed by atoms with E-state index in [1.54, 1.807) is 13.0 Å². The van der Waals surface area contributed by atoms with Gasteiger partial charge in [-0.25, -0.2) is 9.38 Å². The number of hydrogen-bond donors (Lipinski definition) is 2. The summed E-state index contributed by atoms with van der Waals surface area (Å²) in [6.45, 7) is 2.25. The minimum Gasteiger partial charge on any atom is -0.370 e. The number of aliphatic imine (C=N–C) groups is 1. The van der Waals surface area contributed by atoms with Gasteiger partial charge in [0.05, 0.1) is 6.54 Å². The summed E-state index contributed by atoms with van der Waals surface area (Å²) < 4.78 is 13.2. The Bertz CT molecular complexity index is 463. The lowest BCUT2D eigenvalue weighted by Crippen LogP contribution is -2.39. The highest BCUT2D eigenvalue weighted by Gasteiger charge is 2.12. The summed E-state index contributed by atoms with van der Waals surface area (Å²) in [6.07, 6.45) is 7.52. The van der Waals surface area contributed by atoms with Crippen molar-refractivity contribution in [2.24, 2.45) is 10.7 Å². The minimum atomic E-state index is -0.178. The van der Waals surface area contributed by atoms with Gasteiger partial charge in [-0.2, -0.15) is 0 Å². The second-order valence-electron chi connectivity index (χ2n) is 5.62. The zero-order chi connectivity index (χ0) is 14.4. The molecule has 0 atom stereocenters. The first-order chi connectivity index (χ1) is 9.65. The second-order valence-corrected chi connectivity index (χ2v) is 5.62. The SMILES string of the molecule is Cc1cc(CN=C(N)NC2CCCCCC2)ccc1F. The van der Waals surface area contributed by atoms with Crippen molar-refractivity contribution in [3.63, 3.8) is 0 Å². The molecule has 0 aliphatic heterocycles. The van der Waals surface area contributed by atoms with Crippen molar-refractivity contribution < 1.29 is 4.39 Å². The van der Waals surface area contributed by atoms with E-state index in [-0.39, 0.29) is 5.82 Å². The van der Waals surface area contributed by atoms with Gasteiger partial charge in [0.1, 0.15) is 5.82 Å². The van der Waals surface area contributed by atoms with Crippen molar-refractivity contribution in [3.8, 4) is 0 Å². The highest BCUT2D eigenvalue weighted by molar-refractivity contribution is 5.78. The van der Waals surface area contributed by atoms with E-state index < -0.39 is 0 Å². The van der Waals surface area contributed by atoms with Crippen LogP contribution in [0.15, 0.2) is 23.2 Å². The van der Waals surface area contributed by atoms with Crippen LogP contribution in [0.1, 0.15) is 49.7 Å². The fourth-order valence-corrected chi connectivity index (χ4v) is 2.66. The smallest absolute Gasteiger partial charge is 0.189 e. The molecule has 0 unspecified atom stereocenters. The van der Waals surface area contributed by atoms with Crippen LogP contribution in [0.2, 0.25) is 0 Å². The van der Waals surface area contributed by atoms with Crippen molar-refractivity contribution in [1.29, 1.82) is 0 Å². The fraction of sp³-hybridized carbons (Fsp3) is 0.562. The molecule has 1 fully saturated rings. The van der Waals surface area contributed by atoms with E-state index in [1.165, 1.54) is 44.6 Å². The molecule has 0 spiro atoms. The van der Waals surface area contributed by atoms with E-state index in [9.17, 15) is 4.39 Å². The fourth-order valence-electron chi connectivity index (χ4n) is 2.66. The molecular formula is C16H24FN3. The van der Waals surface area contributed by atoms with Gasteiger partial charge in [-0.15, -0.1) is 0 Å². The number of nitrogens with two attached hydrogens (primary N) is 1. The number of nitrogens with one attached hydrogen (secondary N) is 1.